The van der Waals surface area contributed by atoms with E-state index in [9.17, 15) is 0 Å². The first kappa shape index (κ1) is 17.3. The van der Waals surface area contributed by atoms with Crippen molar-refractivity contribution in [3.63, 3.8) is 0 Å². The molecule has 1 aliphatic rings. The number of benzene rings is 1. The molecule has 2 N–H and O–H groups in total. The number of likely N-dealkylation sites (N-methyl/N-ethyl adjacent to an activating group) is 1. The summed E-state index contributed by atoms with van der Waals surface area (Å²) in [5.74, 6) is 0. The van der Waals surface area contributed by atoms with Crippen molar-refractivity contribution < 1.29 is 0 Å². The molecule has 4 rings (SSSR count). The lowest BCUT2D eigenvalue weighted by Crippen LogP contribution is -2.28. The quantitative estimate of drug-likeness (QED) is 0.765. The summed E-state index contributed by atoms with van der Waals surface area (Å²) in [6.07, 6.45) is 6.99. The summed E-state index contributed by atoms with van der Waals surface area (Å²) in [5, 5.41) is 1.42. The molecule has 0 aliphatic carbocycles. The number of hydrogen-bond donors (Lipinski definition) is 1. The second kappa shape index (κ2) is 7.22. The maximum Gasteiger partial charge on any atom is 0.0590 e. The van der Waals surface area contributed by atoms with Crippen molar-refractivity contribution in [2.45, 2.75) is 38.8 Å². The molecule has 0 radical (unpaired) electrons. The zero-order valence-corrected chi connectivity index (χ0v) is 15.8. The van der Waals surface area contributed by atoms with E-state index in [2.05, 4.69) is 58.8 Å². The van der Waals surface area contributed by atoms with Gasteiger partial charge in [-0.1, -0.05) is 11.6 Å². The van der Waals surface area contributed by atoms with Crippen LogP contribution in [0.3, 0.4) is 0 Å². The van der Waals surface area contributed by atoms with E-state index >= 15 is 0 Å². The van der Waals surface area contributed by atoms with Gasteiger partial charge in [0.15, 0.2) is 0 Å². The number of nitrogens with two attached hydrogens (primary N) is 1. The Hall–Kier alpha value is -2.17. The summed E-state index contributed by atoms with van der Waals surface area (Å²) in [7, 11) is 2.22. The summed E-state index contributed by atoms with van der Waals surface area (Å²) in [4.78, 5) is 6.65. The van der Waals surface area contributed by atoms with E-state index in [0.29, 0.717) is 6.04 Å². The Morgan fingerprint density at radius 3 is 2.77 bits per heavy atom. The Balaban J connectivity index is 1.93. The van der Waals surface area contributed by atoms with Gasteiger partial charge in [0, 0.05) is 48.5 Å². The molecule has 0 bridgehead atoms. The summed E-state index contributed by atoms with van der Waals surface area (Å²) in [5.41, 5.74) is 12.9. The van der Waals surface area contributed by atoms with Gasteiger partial charge in [-0.2, -0.15) is 0 Å². The minimum Gasteiger partial charge on any atom is -0.337 e. The first-order valence-corrected chi connectivity index (χ1v) is 9.60. The van der Waals surface area contributed by atoms with Gasteiger partial charge < -0.3 is 15.2 Å². The van der Waals surface area contributed by atoms with E-state index in [4.69, 9.17) is 5.73 Å². The molecule has 136 valence electrons. The SMILES string of the molecule is Cc1ccc2c(c1)c1c(n2C(CCCN)c2ccncc2)CCN(C)C1. The molecule has 0 fully saturated rings. The maximum absolute atomic E-state index is 5.87. The van der Waals surface area contributed by atoms with Crippen LogP contribution in [0.25, 0.3) is 10.9 Å². The standard InChI is InChI=1S/C22H28N4/c1-16-5-6-21-18(14-16)19-15-25(2)13-9-22(19)26(21)20(4-3-10-23)17-7-11-24-12-8-17/h5-8,11-12,14,20H,3-4,9-10,13,15,23H2,1-2H3. The number of pyridine rings is 1. The maximum atomic E-state index is 5.87. The lowest BCUT2D eigenvalue weighted by Gasteiger charge is -2.28. The highest BCUT2D eigenvalue weighted by molar-refractivity contribution is 5.87. The topological polar surface area (TPSA) is 47.1 Å². The molecule has 26 heavy (non-hydrogen) atoms. The zero-order valence-electron chi connectivity index (χ0n) is 15.8. The summed E-state index contributed by atoms with van der Waals surface area (Å²) in [6, 6.07) is 11.5. The lowest BCUT2D eigenvalue weighted by molar-refractivity contribution is 0.307. The molecule has 4 nitrogen and oxygen atoms in total. The first-order chi connectivity index (χ1) is 12.7. The minimum absolute atomic E-state index is 0.318. The fraction of sp³-hybridized carbons (Fsp3) is 0.409. The molecule has 3 aromatic rings. The molecular weight excluding hydrogens is 320 g/mol. The third kappa shape index (κ3) is 3.04. The Bertz CT molecular complexity index is 897. The van der Waals surface area contributed by atoms with E-state index < -0.39 is 0 Å². The van der Waals surface area contributed by atoms with Gasteiger partial charge >= 0.3 is 0 Å². The van der Waals surface area contributed by atoms with Gasteiger partial charge in [0.05, 0.1) is 6.04 Å². The molecule has 1 unspecified atom stereocenters. The van der Waals surface area contributed by atoms with Gasteiger partial charge in [0.1, 0.15) is 0 Å². The molecule has 2 aromatic heterocycles. The largest absolute Gasteiger partial charge is 0.337 e. The number of aromatic nitrogens is 2. The van der Waals surface area contributed by atoms with E-state index in [-0.39, 0.29) is 0 Å². The van der Waals surface area contributed by atoms with Crippen molar-refractivity contribution in [2.24, 2.45) is 5.73 Å². The highest BCUT2D eigenvalue weighted by atomic mass is 15.1. The van der Waals surface area contributed by atoms with Crippen LogP contribution in [0.1, 0.15) is 41.3 Å². The average molecular weight is 348 g/mol. The van der Waals surface area contributed by atoms with Crippen LogP contribution >= 0.6 is 0 Å². The number of nitrogens with zero attached hydrogens (tertiary/aromatic N) is 3. The van der Waals surface area contributed by atoms with Crippen LogP contribution in [0.4, 0.5) is 0 Å². The van der Waals surface area contributed by atoms with Crippen molar-refractivity contribution in [3.8, 4) is 0 Å². The Kier molecular flexibility index (Phi) is 4.79. The predicted octanol–water partition coefficient (Wildman–Crippen LogP) is 3.66. The molecule has 0 saturated carbocycles. The van der Waals surface area contributed by atoms with Crippen molar-refractivity contribution in [3.05, 3.63) is 65.1 Å². The van der Waals surface area contributed by atoms with Crippen molar-refractivity contribution >= 4 is 10.9 Å². The minimum atomic E-state index is 0.318. The van der Waals surface area contributed by atoms with Crippen LogP contribution in [0, 0.1) is 6.92 Å². The summed E-state index contributed by atoms with van der Waals surface area (Å²) >= 11 is 0. The van der Waals surface area contributed by atoms with Crippen LogP contribution in [0.5, 0.6) is 0 Å². The number of fused-ring (bicyclic) bond motifs is 3. The third-order valence-electron chi connectivity index (χ3n) is 5.62. The smallest absolute Gasteiger partial charge is 0.0590 e. The summed E-state index contributed by atoms with van der Waals surface area (Å²) < 4.78 is 2.60. The predicted molar refractivity (Wildman–Crippen MR) is 107 cm³/mol. The molecule has 3 heterocycles. The van der Waals surface area contributed by atoms with E-state index in [1.54, 1.807) is 0 Å². The van der Waals surface area contributed by atoms with Crippen LogP contribution in [0.15, 0.2) is 42.7 Å². The highest BCUT2D eigenvalue weighted by Crippen LogP contribution is 2.37. The monoisotopic (exact) mass is 348 g/mol. The van der Waals surface area contributed by atoms with Gasteiger partial charge in [0.2, 0.25) is 0 Å². The average Bonchev–Trinajstić information content (AvgIpc) is 2.96. The molecule has 1 aliphatic heterocycles. The van der Waals surface area contributed by atoms with Gasteiger partial charge in [0.25, 0.3) is 0 Å². The lowest BCUT2D eigenvalue weighted by atomic mass is 10.0. The molecule has 1 atom stereocenters. The third-order valence-corrected chi connectivity index (χ3v) is 5.62. The van der Waals surface area contributed by atoms with Crippen molar-refractivity contribution in [2.75, 3.05) is 20.1 Å². The number of hydrogen-bond acceptors (Lipinski definition) is 3. The van der Waals surface area contributed by atoms with Crippen molar-refractivity contribution in [1.82, 2.24) is 14.5 Å². The van der Waals surface area contributed by atoms with Crippen LogP contribution in [-0.2, 0) is 13.0 Å². The summed E-state index contributed by atoms with van der Waals surface area (Å²) in [6.45, 7) is 5.06. The van der Waals surface area contributed by atoms with Gasteiger partial charge in [-0.25, -0.2) is 0 Å². The molecule has 1 aromatic carbocycles. The van der Waals surface area contributed by atoms with E-state index in [1.807, 2.05) is 12.4 Å². The molecule has 0 spiro atoms. The van der Waals surface area contributed by atoms with Gasteiger partial charge in [-0.05, 0) is 68.8 Å². The Morgan fingerprint density at radius 2 is 2.00 bits per heavy atom. The highest BCUT2D eigenvalue weighted by Gasteiger charge is 2.26. The van der Waals surface area contributed by atoms with Crippen LogP contribution < -0.4 is 5.73 Å². The second-order valence-corrected chi connectivity index (χ2v) is 7.53. The van der Waals surface area contributed by atoms with E-state index in [1.165, 1.54) is 33.3 Å². The fourth-order valence-corrected chi connectivity index (χ4v) is 4.34. The molecule has 4 heteroatoms. The van der Waals surface area contributed by atoms with Crippen molar-refractivity contribution in [1.29, 1.82) is 0 Å². The number of rotatable bonds is 5. The van der Waals surface area contributed by atoms with Gasteiger partial charge in [-0.15, -0.1) is 0 Å². The number of aryl methyl sites for hydroxylation is 1. The Morgan fingerprint density at radius 1 is 1.19 bits per heavy atom. The van der Waals surface area contributed by atoms with E-state index in [0.717, 1.165) is 38.9 Å². The molecule has 0 amide bonds. The molecular formula is C22H28N4. The normalized spacial score (nSPS) is 16.0. The Labute approximate surface area is 155 Å². The second-order valence-electron chi connectivity index (χ2n) is 7.53. The first-order valence-electron chi connectivity index (χ1n) is 9.60. The zero-order chi connectivity index (χ0) is 18.1. The fourth-order valence-electron chi connectivity index (χ4n) is 4.34. The van der Waals surface area contributed by atoms with Crippen LogP contribution in [-0.4, -0.2) is 34.6 Å². The molecule has 0 saturated heterocycles. The van der Waals surface area contributed by atoms with Gasteiger partial charge in [-0.3, -0.25) is 4.98 Å². The van der Waals surface area contributed by atoms with Crippen LogP contribution in [0.2, 0.25) is 0 Å².